The number of esters is 4. The van der Waals surface area contributed by atoms with Crippen molar-refractivity contribution in [3.05, 3.63) is 115 Å². The van der Waals surface area contributed by atoms with E-state index in [0.717, 1.165) is 17.7 Å². The third kappa shape index (κ3) is 9.49. The molecule has 0 saturated carbocycles. The lowest BCUT2D eigenvalue weighted by Crippen LogP contribution is -2.10. The van der Waals surface area contributed by atoms with Crippen molar-refractivity contribution in [3.63, 3.8) is 0 Å². The minimum Gasteiger partial charge on any atom is -0.462 e. The molecule has 0 saturated heterocycles. The van der Waals surface area contributed by atoms with Crippen molar-refractivity contribution >= 4 is 23.9 Å². The zero-order valence-electron chi connectivity index (χ0n) is 21.4. The van der Waals surface area contributed by atoms with Crippen LogP contribution in [0.3, 0.4) is 0 Å². The van der Waals surface area contributed by atoms with Crippen LogP contribution < -0.4 is 14.2 Å². The fourth-order valence-electron chi connectivity index (χ4n) is 3.04. The molecule has 3 rings (SSSR count). The Morgan fingerprint density at radius 3 is 1.50 bits per heavy atom. The standard InChI is InChI=1S/C30H26O10/c1-3-27(31)38-19-36-24-13-7-22(8-14-24)29(33)35-18-17-21-5-11-26(12-6-21)40-30(34)23-9-15-25(16-10-23)37-20-39-28(32)4-2/h3-16H,1-2,17-20H2. The van der Waals surface area contributed by atoms with E-state index in [0.29, 0.717) is 34.8 Å². The van der Waals surface area contributed by atoms with Gasteiger partial charge >= 0.3 is 23.9 Å². The van der Waals surface area contributed by atoms with E-state index < -0.39 is 23.9 Å². The quantitative estimate of drug-likeness (QED) is 0.0943. The van der Waals surface area contributed by atoms with Crippen LogP contribution in [0.4, 0.5) is 0 Å². The van der Waals surface area contributed by atoms with Gasteiger partial charge < -0.3 is 28.4 Å². The summed E-state index contributed by atoms with van der Waals surface area (Å²) in [5, 5.41) is 0. The van der Waals surface area contributed by atoms with E-state index in [1.54, 1.807) is 48.5 Å². The molecule has 0 unspecified atom stereocenters. The topological polar surface area (TPSA) is 124 Å². The molecule has 0 heterocycles. The zero-order valence-corrected chi connectivity index (χ0v) is 21.4. The number of carbonyl (C=O) groups excluding carboxylic acids is 4. The number of hydrogen-bond donors (Lipinski definition) is 0. The van der Waals surface area contributed by atoms with Gasteiger partial charge in [-0.15, -0.1) is 0 Å². The molecule has 40 heavy (non-hydrogen) atoms. The Bertz CT molecular complexity index is 1330. The Morgan fingerprint density at radius 1 is 0.575 bits per heavy atom. The number of carbonyl (C=O) groups is 4. The molecule has 0 aliphatic heterocycles. The van der Waals surface area contributed by atoms with Crippen molar-refractivity contribution in [3.8, 4) is 17.2 Å². The molecule has 0 amide bonds. The fourth-order valence-corrected chi connectivity index (χ4v) is 3.04. The van der Waals surface area contributed by atoms with Gasteiger partial charge in [0.15, 0.2) is 0 Å². The van der Waals surface area contributed by atoms with E-state index in [1.165, 1.54) is 24.3 Å². The Hall–Kier alpha value is -5.38. The van der Waals surface area contributed by atoms with Crippen LogP contribution in [0.2, 0.25) is 0 Å². The summed E-state index contributed by atoms with van der Waals surface area (Å²) < 4.78 is 30.7. The summed E-state index contributed by atoms with van der Waals surface area (Å²) in [5.74, 6) is -1.07. The van der Waals surface area contributed by atoms with Gasteiger partial charge in [0.2, 0.25) is 13.6 Å². The molecule has 0 spiro atoms. The summed E-state index contributed by atoms with van der Waals surface area (Å²) in [6.07, 6.45) is 2.51. The van der Waals surface area contributed by atoms with E-state index in [9.17, 15) is 19.2 Å². The molecule has 0 aromatic heterocycles. The van der Waals surface area contributed by atoms with Gasteiger partial charge in [-0.05, 0) is 66.2 Å². The summed E-state index contributed by atoms with van der Waals surface area (Å²) in [7, 11) is 0. The van der Waals surface area contributed by atoms with Crippen LogP contribution in [0.1, 0.15) is 26.3 Å². The van der Waals surface area contributed by atoms with Gasteiger partial charge in [0.1, 0.15) is 17.2 Å². The van der Waals surface area contributed by atoms with Crippen molar-refractivity contribution < 1.29 is 47.6 Å². The molecule has 0 aliphatic carbocycles. The largest absolute Gasteiger partial charge is 0.462 e. The summed E-state index contributed by atoms with van der Waals surface area (Å²) in [6.45, 7) is 6.17. The van der Waals surface area contributed by atoms with E-state index in [4.69, 9.17) is 28.4 Å². The van der Waals surface area contributed by atoms with Gasteiger partial charge in [-0.1, -0.05) is 25.3 Å². The summed E-state index contributed by atoms with van der Waals surface area (Å²) in [6, 6.07) is 19.2. The minimum absolute atomic E-state index is 0.148. The Morgan fingerprint density at radius 2 is 1.02 bits per heavy atom. The average Bonchev–Trinajstić information content (AvgIpc) is 2.98. The van der Waals surface area contributed by atoms with Crippen LogP contribution in [0.15, 0.2) is 98.1 Å². The molecule has 0 bridgehead atoms. The lowest BCUT2D eigenvalue weighted by atomic mass is 10.1. The van der Waals surface area contributed by atoms with E-state index in [-0.39, 0.29) is 20.2 Å². The monoisotopic (exact) mass is 546 g/mol. The van der Waals surface area contributed by atoms with E-state index >= 15 is 0 Å². The third-order valence-electron chi connectivity index (χ3n) is 5.12. The highest BCUT2D eigenvalue weighted by Crippen LogP contribution is 2.18. The van der Waals surface area contributed by atoms with Crippen LogP contribution in [0.5, 0.6) is 17.2 Å². The molecule has 3 aromatic carbocycles. The SMILES string of the molecule is C=CC(=O)OCOc1ccc(C(=O)OCCc2ccc(OC(=O)c3ccc(OCOC(=O)C=C)cc3)cc2)cc1. The van der Waals surface area contributed by atoms with Crippen molar-refractivity contribution in [2.75, 3.05) is 20.2 Å². The number of benzene rings is 3. The molecular formula is C30H26O10. The normalized spacial score (nSPS) is 10.0. The fraction of sp³-hybridized carbons (Fsp3) is 0.133. The molecule has 206 valence electrons. The predicted molar refractivity (Wildman–Crippen MR) is 142 cm³/mol. The van der Waals surface area contributed by atoms with Crippen LogP contribution in [0, 0.1) is 0 Å². The predicted octanol–water partition coefficient (Wildman–Crippen LogP) is 4.44. The van der Waals surface area contributed by atoms with E-state index in [2.05, 4.69) is 13.2 Å². The van der Waals surface area contributed by atoms with Crippen molar-refractivity contribution in [2.45, 2.75) is 6.42 Å². The number of rotatable bonds is 14. The lowest BCUT2D eigenvalue weighted by molar-refractivity contribution is -0.145. The van der Waals surface area contributed by atoms with Gasteiger partial charge in [-0.3, -0.25) is 0 Å². The second-order valence-electron chi connectivity index (χ2n) is 7.83. The zero-order chi connectivity index (χ0) is 28.7. The lowest BCUT2D eigenvalue weighted by Gasteiger charge is -2.09. The third-order valence-corrected chi connectivity index (χ3v) is 5.12. The summed E-state index contributed by atoms with van der Waals surface area (Å²) >= 11 is 0. The first-order valence-corrected chi connectivity index (χ1v) is 11.9. The highest BCUT2D eigenvalue weighted by molar-refractivity contribution is 5.91. The van der Waals surface area contributed by atoms with Gasteiger partial charge in [-0.2, -0.15) is 0 Å². The first-order chi connectivity index (χ1) is 19.4. The van der Waals surface area contributed by atoms with Crippen LogP contribution in [-0.4, -0.2) is 44.1 Å². The highest BCUT2D eigenvalue weighted by Gasteiger charge is 2.11. The maximum atomic E-state index is 12.4. The van der Waals surface area contributed by atoms with Gasteiger partial charge in [0.25, 0.3) is 0 Å². The second kappa shape index (κ2) is 15.1. The molecule has 3 aromatic rings. The highest BCUT2D eigenvalue weighted by atomic mass is 16.7. The maximum absolute atomic E-state index is 12.4. The molecule has 0 atom stereocenters. The minimum atomic E-state index is -0.603. The molecular weight excluding hydrogens is 520 g/mol. The summed E-state index contributed by atoms with van der Waals surface area (Å²) in [5.41, 5.74) is 1.53. The van der Waals surface area contributed by atoms with Gasteiger partial charge in [0, 0.05) is 18.6 Å². The average molecular weight is 547 g/mol. The Balaban J connectivity index is 1.39. The molecule has 0 N–H and O–H groups in total. The van der Waals surface area contributed by atoms with Crippen LogP contribution in [-0.2, 0) is 30.2 Å². The van der Waals surface area contributed by atoms with Gasteiger partial charge in [-0.25, -0.2) is 19.2 Å². The van der Waals surface area contributed by atoms with Crippen LogP contribution in [0.25, 0.3) is 0 Å². The first-order valence-electron chi connectivity index (χ1n) is 11.9. The van der Waals surface area contributed by atoms with Gasteiger partial charge in [0.05, 0.1) is 17.7 Å². The first kappa shape index (κ1) is 29.2. The smallest absolute Gasteiger partial charge is 0.343 e. The Labute approximate surface area is 230 Å². The van der Waals surface area contributed by atoms with E-state index in [1.807, 2.05) is 0 Å². The molecule has 10 heteroatoms. The van der Waals surface area contributed by atoms with Crippen molar-refractivity contribution in [1.82, 2.24) is 0 Å². The molecule has 0 fully saturated rings. The van der Waals surface area contributed by atoms with Crippen LogP contribution >= 0.6 is 0 Å². The Kier molecular flexibility index (Phi) is 11.0. The van der Waals surface area contributed by atoms with Crippen molar-refractivity contribution in [2.24, 2.45) is 0 Å². The maximum Gasteiger partial charge on any atom is 0.343 e. The summed E-state index contributed by atoms with van der Waals surface area (Å²) in [4.78, 5) is 46.7. The van der Waals surface area contributed by atoms with Crippen molar-refractivity contribution in [1.29, 1.82) is 0 Å². The molecule has 0 radical (unpaired) electrons. The molecule has 0 aliphatic rings. The second-order valence-corrected chi connectivity index (χ2v) is 7.83. The number of hydrogen-bond acceptors (Lipinski definition) is 10. The number of ether oxygens (including phenoxy) is 6. The molecule has 10 nitrogen and oxygen atoms in total.